The number of anilines is 6. The summed E-state index contributed by atoms with van der Waals surface area (Å²) in [6.07, 6.45) is 5.45. The zero-order valence-corrected chi connectivity index (χ0v) is 28.7. The summed E-state index contributed by atoms with van der Waals surface area (Å²) in [6.45, 7) is 13.7. The van der Waals surface area contributed by atoms with Crippen molar-refractivity contribution in [1.29, 1.82) is 0 Å². The van der Waals surface area contributed by atoms with Crippen molar-refractivity contribution in [3.8, 4) is 5.75 Å². The molecule has 1 aromatic carbocycles. The number of nitrogens with zero attached hydrogens (tertiary/aromatic N) is 6. The van der Waals surface area contributed by atoms with Gasteiger partial charge >= 0.3 is 5.97 Å². The minimum absolute atomic E-state index is 0.245. The van der Waals surface area contributed by atoms with E-state index >= 15 is 0 Å². The second-order valence-corrected chi connectivity index (χ2v) is 13.3. The van der Waals surface area contributed by atoms with Crippen molar-refractivity contribution in [3.63, 3.8) is 0 Å². The summed E-state index contributed by atoms with van der Waals surface area (Å²) in [5.74, 6) is 0.354. The van der Waals surface area contributed by atoms with Crippen LogP contribution in [0.1, 0.15) is 61.4 Å². The Kier molecular flexibility index (Phi) is 9.71. The third-order valence-electron chi connectivity index (χ3n) is 8.40. The first-order valence-electron chi connectivity index (χ1n) is 16.0. The number of aryl methyl sites for hydroxylation is 2. The maximum Gasteiger partial charge on any atom is 0.343 e. The highest BCUT2D eigenvalue weighted by atomic mass is 16.5. The van der Waals surface area contributed by atoms with Gasteiger partial charge in [0.2, 0.25) is 11.9 Å². The highest BCUT2D eigenvalue weighted by molar-refractivity contribution is 6.02. The van der Waals surface area contributed by atoms with Gasteiger partial charge in [0.15, 0.2) is 5.82 Å². The zero-order valence-electron chi connectivity index (χ0n) is 28.7. The molecule has 2 aliphatic rings. The molecule has 1 aliphatic heterocycles. The van der Waals surface area contributed by atoms with Crippen molar-refractivity contribution in [2.75, 3.05) is 68.3 Å². The predicted octanol–water partition coefficient (Wildman–Crippen LogP) is 5.23. The Morgan fingerprint density at radius 3 is 2.55 bits per heavy atom. The van der Waals surface area contributed by atoms with Gasteiger partial charge in [0.1, 0.15) is 11.3 Å². The van der Waals surface area contributed by atoms with Gasteiger partial charge in [0, 0.05) is 50.1 Å². The Balaban J connectivity index is 1.58. The minimum Gasteiger partial charge on any atom is -0.494 e. The number of amides is 1. The maximum absolute atomic E-state index is 13.4. The Labute approximate surface area is 277 Å². The van der Waals surface area contributed by atoms with Gasteiger partial charge in [-0.05, 0) is 71.0 Å². The van der Waals surface area contributed by atoms with Crippen molar-refractivity contribution in [3.05, 3.63) is 59.6 Å². The van der Waals surface area contributed by atoms with E-state index in [9.17, 15) is 9.59 Å². The molecule has 0 bridgehead atoms. The van der Waals surface area contributed by atoms with Crippen LogP contribution in [-0.2, 0) is 27.8 Å². The largest absolute Gasteiger partial charge is 0.494 e. The smallest absolute Gasteiger partial charge is 0.343 e. The van der Waals surface area contributed by atoms with Crippen LogP contribution in [0.25, 0.3) is 0 Å². The van der Waals surface area contributed by atoms with Crippen molar-refractivity contribution in [2.45, 2.75) is 58.5 Å². The molecule has 0 atom stereocenters. The number of aromatic nitrogens is 3. The monoisotopic (exact) mass is 642 g/mol. The summed E-state index contributed by atoms with van der Waals surface area (Å²) >= 11 is 0. The van der Waals surface area contributed by atoms with Gasteiger partial charge in [0.05, 0.1) is 41.7 Å². The number of likely N-dealkylation sites (N-methyl/N-ethyl adjacent to an activating group) is 2. The van der Waals surface area contributed by atoms with E-state index in [0.717, 1.165) is 48.6 Å². The lowest BCUT2D eigenvalue weighted by Gasteiger charge is -2.26. The average Bonchev–Trinajstić information content (AvgIpc) is 3.59. The Morgan fingerprint density at radius 1 is 1.11 bits per heavy atom. The number of benzene rings is 1. The number of carbonyl (C=O) groups is 2. The zero-order chi connectivity index (χ0) is 34.0. The fourth-order valence-electron chi connectivity index (χ4n) is 5.99. The van der Waals surface area contributed by atoms with E-state index in [2.05, 4.69) is 51.9 Å². The molecule has 2 aromatic heterocycles. The molecule has 12 nitrogen and oxygen atoms in total. The lowest BCUT2D eigenvalue weighted by Crippen LogP contribution is -2.29. The van der Waals surface area contributed by atoms with Crippen molar-refractivity contribution < 1.29 is 19.1 Å². The lowest BCUT2D eigenvalue weighted by molar-refractivity contribution is -0.111. The van der Waals surface area contributed by atoms with Crippen LogP contribution < -0.4 is 25.2 Å². The van der Waals surface area contributed by atoms with E-state index in [1.165, 1.54) is 17.8 Å². The minimum atomic E-state index is -0.501. The van der Waals surface area contributed by atoms with Crippen molar-refractivity contribution in [2.24, 2.45) is 0 Å². The summed E-state index contributed by atoms with van der Waals surface area (Å²) in [6, 6.07) is 5.85. The van der Waals surface area contributed by atoms with E-state index in [-0.39, 0.29) is 28.9 Å². The summed E-state index contributed by atoms with van der Waals surface area (Å²) in [7, 11) is 7.56. The standard InChI is InChI=1S/C35H46N8O4/c1-10-30(44)37-25-17-26(29(46-9)18-27(25)42(8)15-14-41(6)7)39-34-36-19-23(33(45)47-21(2)3)32(40-34)43-20-35(4,5)31-28(43)16-22-12-11-13-24(22)38-31/h10,16-19,21H,1,11-15,20H2,2-9H3,(H,37,44)(H,36,39,40). The number of rotatable bonds is 12. The molecule has 0 spiro atoms. The van der Waals surface area contributed by atoms with E-state index in [1.807, 2.05) is 46.0 Å². The van der Waals surface area contributed by atoms with Crippen LogP contribution in [-0.4, -0.2) is 85.7 Å². The second-order valence-electron chi connectivity index (χ2n) is 13.3. The third kappa shape index (κ3) is 7.17. The molecule has 47 heavy (non-hydrogen) atoms. The van der Waals surface area contributed by atoms with Gasteiger partial charge in [0.25, 0.3) is 0 Å². The Bertz CT molecular complexity index is 1690. The number of hydrogen-bond acceptors (Lipinski definition) is 11. The summed E-state index contributed by atoms with van der Waals surface area (Å²) in [5.41, 5.74) is 6.18. The van der Waals surface area contributed by atoms with Crippen LogP contribution in [0.5, 0.6) is 5.75 Å². The fraction of sp³-hybridized carbons (Fsp3) is 0.457. The number of carbonyl (C=O) groups excluding carboxylic acids is 2. The van der Waals surface area contributed by atoms with Crippen LogP contribution in [0, 0.1) is 0 Å². The molecular weight excluding hydrogens is 596 g/mol. The molecule has 5 rings (SSSR count). The number of methoxy groups -OCH3 is 1. The van der Waals surface area contributed by atoms with E-state index in [1.54, 1.807) is 13.2 Å². The van der Waals surface area contributed by atoms with Crippen molar-refractivity contribution >= 4 is 46.4 Å². The molecule has 0 fully saturated rings. The van der Waals surface area contributed by atoms with E-state index in [0.29, 0.717) is 36.0 Å². The van der Waals surface area contributed by atoms with Crippen LogP contribution in [0.15, 0.2) is 37.1 Å². The highest BCUT2D eigenvalue weighted by Crippen LogP contribution is 2.46. The number of hydrogen-bond donors (Lipinski definition) is 2. The van der Waals surface area contributed by atoms with E-state index in [4.69, 9.17) is 19.4 Å². The first-order chi connectivity index (χ1) is 22.3. The van der Waals surface area contributed by atoms with E-state index < -0.39 is 5.97 Å². The number of esters is 1. The van der Waals surface area contributed by atoms with Gasteiger partial charge in [-0.25, -0.2) is 9.78 Å². The molecular formula is C35H46N8O4. The van der Waals surface area contributed by atoms with Gasteiger partial charge in [-0.15, -0.1) is 0 Å². The number of pyridine rings is 1. The van der Waals surface area contributed by atoms with Crippen molar-refractivity contribution in [1.82, 2.24) is 19.9 Å². The molecule has 0 unspecified atom stereocenters. The third-order valence-corrected chi connectivity index (χ3v) is 8.40. The molecule has 250 valence electrons. The van der Waals surface area contributed by atoms with Crippen LogP contribution in [0.2, 0.25) is 0 Å². The highest BCUT2D eigenvalue weighted by Gasteiger charge is 2.41. The average molecular weight is 643 g/mol. The SMILES string of the molecule is C=CC(=O)Nc1cc(Nc2ncc(C(=O)OC(C)C)c(N3CC(C)(C)c4nc5c(cc43)CCC5)n2)c(OC)cc1N(C)CCN(C)C. The van der Waals surface area contributed by atoms with Gasteiger partial charge in [-0.1, -0.05) is 20.4 Å². The molecule has 1 amide bonds. The first-order valence-corrected chi connectivity index (χ1v) is 16.0. The summed E-state index contributed by atoms with van der Waals surface area (Å²) in [5, 5.41) is 6.20. The maximum atomic E-state index is 13.4. The Morgan fingerprint density at radius 2 is 1.87 bits per heavy atom. The summed E-state index contributed by atoms with van der Waals surface area (Å²) < 4.78 is 11.4. The molecule has 3 heterocycles. The summed E-state index contributed by atoms with van der Waals surface area (Å²) in [4.78, 5) is 46.6. The molecule has 12 heteroatoms. The van der Waals surface area contributed by atoms with Gasteiger partial charge < -0.3 is 34.8 Å². The second kappa shape index (κ2) is 13.6. The Hall–Kier alpha value is -4.71. The molecule has 3 aromatic rings. The van der Waals surface area contributed by atoms with Gasteiger partial charge in [-0.2, -0.15) is 4.98 Å². The molecule has 0 saturated heterocycles. The number of fused-ring (bicyclic) bond motifs is 2. The normalized spacial score (nSPS) is 14.6. The predicted molar refractivity (Wildman–Crippen MR) is 186 cm³/mol. The first kappa shape index (κ1) is 33.6. The van der Waals surface area contributed by atoms with Crippen LogP contribution in [0.3, 0.4) is 0 Å². The fourth-order valence-corrected chi connectivity index (χ4v) is 5.99. The van der Waals surface area contributed by atoms with Crippen LogP contribution >= 0.6 is 0 Å². The number of nitrogens with one attached hydrogen (secondary N) is 2. The molecule has 0 radical (unpaired) electrons. The molecule has 2 N–H and O–H groups in total. The molecule has 1 aliphatic carbocycles. The van der Waals surface area contributed by atoms with Gasteiger partial charge in [-0.3, -0.25) is 9.78 Å². The topological polar surface area (TPSA) is 125 Å². The quantitative estimate of drug-likeness (QED) is 0.199. The van der Waals surface area contributed by atoms with Crippen LogP contribution in [0.4, 0.5) is 34.5 Å². The number of ether oxygens (including phenoxy) is 2. The molecule has 0 saturated carbocycles. The lowest BCUT2D eigenvalue weighted by atomic mass is 9.91.